The molecular formula is C5H7BrN2O. The van der Waals surface area contributed by atoms with Crippen LogP contribution in [0.4, 0.5) is 0 Å². The first kappa shape index (κ1) is 8.36. The number of nitrogens with two attached hydrogens (primary N) is 1. The minimum atomic E-state index is 0.153. The van der Waals surface area contributed by atoms with Gasteiger partial charge in [-0.1, -0.05) is 0 Å². The summed E-state index contributed by atoms with van der Waals surface area (Å²) in [6, 6.07) is 0. The number of carbonyl (C=O) groups excluding carboxylic acids is 1. The Kier molecular flexibility index (Phi) is 3.96. The number of allylic oxidation sites excluding steroid dienone is 2. The van der Waals surface area contributed by atoms with Crippen LogP contribution < -0.4 is 5.73 Å². The summed E-state index contributed by atoms with van der Waals surface area (Å²) in [5, 5.41) is 0. The fraction of sp³-hybridized carbons (Fsp3) is 0.200. The van der Waals surface area contributed by atoms with E-state index in [4.69, 9.17) is 5.73 Å². The SMILES string of the molecule is CN=C/C(Br)=C(\N)C=O. The second kappa shape index (κ2) is 4.26. The Balaban J connectivity index is 4.27. The molecule has 0 aliphatic heterocycles. The molecule has 0 radical (unpaired) electrons. The molecule has 2 N–H and O–H groups in total. The molecule has 0 heterocycles. The third-order valence-corrected chi connectivity index (χ3v) is 1.31. The van der Waals surface area contributed by atoms with E-state index in [1.807, 2.05) is 0 Å². The number of hydrogen-bond donors (Lipinski definition) is 1. The number of rotatable bonds is 2. The Morgan fingerprint density at radius 3 is 2.67 bits per heavy atom. The second-order valence-electron chi connectivity index (χ2n) is 1.31. The average Bonchev–Trinajstić information content (AvgIpc) is 1.87. The van der Waals surface area contributed by atoms with Crippen LogP contribution in [0.2, 0.25) is 0 Å². The molecule has 0 rings (SSSR count). The summed E-state index contributed by atoms with van der Waals surface area (Å²) in [6.07, 6.45) is 2.02. The van der Waals surface area contributed by atoms with Crippen molar-refractivity contribution in [1.29, 1.82) is 0 Å². The predicted octanol–water partition coefficient (Wildman–Crippen LogP) is 0.451. The maximum absolute atomic E-state index is 9.95. The topological polar surface area (TPSA) is 55.4 Å². The second-order valence-corrected chi connectivity index (χ2v) is 2.16. The Bertz CT molecular complexity index is 162. The van der Waals surface area contributed by atoms with Gasteiger partial charge in [-0.2, -0.15) is 0 Å². The molecule has 3 nitrogen and oxygen atoms in total. The van der Waals surface area contributed by atoms with Gasteiger partial charge in [-0.15, -0.1) is 0 Å². The van der Waals surface area contributed by atoms with Crippen molar-refractivity contribution in [3.05, 3.63) is 10.2 Å². The van der Waals surface area contributed by atoms with E-state index in [0.29, 0.717) is 10.8 Å². The molecule has 50 valence electrons. The third-order valence-electron chi connectivity index (χ3n) is 0.645. The van der Waals surface area contributed by atoms with Gasteiger partial charge in [0.25, 0.3) is 0 Å². The van der Waals surface area contributed by atoms with Crippen molar-refractivity contribution < 1.29 is 4.79 Å². The molecule has 0 amide bonds. The minimum Gasteiger partial charge on any atom is -0.395 e. The quantitative estimate of drug-likeness (QED) is 0.391. The molecule has 0 atom stereocenters. The first-order valence-corrected chi connectivity index (χ1v) is 3.04. The molecule has 0 unspecified atom stereocenters. The van der Waals surface area contributed by atoms with Gasteiger partial charge in [-0.3, -0.25) is 9.79 Å². The van der Waals surface area contributed by atoms with Crippen LogP contribution in [-0.4, -0.2) is 19.5 Å². The van der Waals surface area contributed by atoms with Gasteiger partial charge in [0.1, 0.15) is 0 Å². The summed E-state index contributed by atoms with van der Waals surface area (Å²) in [5.74, 6) is 0. The van der Waals surface area contributed by atoms with E-state index in [9.17, 15) is 4.79 Å². The Hall–Kier alpha value is -0.640. The molecule has 0 aromatic carbocycles. The standard InChI is InChI=1S/C5H7BrN2O/c1-8-2-4(6)5(7)3-9/h2-3H,7H2,1H3/b5-4+,8-2?. The summed E-state index contributed by atoms with van der Waals surface area (Å²) < 4.78 is 0.514. The Labute approximate surface area is 61.8 Å². The van der Waals surface area contributed by atoms with E-state index in [1.165, 1.54) is 6.21 Å². The van der Waals surface area contributed by atoms with Gasteiger partial charge in [0, 0.05) is 13.3 Å². The number of hydrogen-bond acceptors (Lipinski definition) is 3. The molecule has 0 saturated carbocycles. The smallest absolute Gasteiger partial charge is 0.166 e. The van der Waals surface area contributed by atoms with Crippen molar-refractivity contribution in [3.8, 4) is 0 Å². The number of halogens is 1. The van der Waals surface area contributed by atoms with Gasteiger partial charge in [-0.05, 0) is 15.9 Å². The molecule has 0 aromatic heterocycles. The van der Waals surface area contributed by atoms with Crippen LogP contribution in [0.5, 0.6) is 0 Å². The summed E-state index contributed by atoms with van der Waals surface area (Å²) in [4.78, 5) is 13.6. The lowest BCUT2D eigenvalue weighted by atomic mass is 10.4. The zero-order valence-corrected chi connectivity index (χ0v) is 6.55. The highest BCUT2D eigenvalue weighted by molar-refractivity contribution is 9.12. The van der Waals surface area contributed by atoms with E-state index in [2.05, 4.69) is 20.9 Å². The maximum atomic E-state index is 9.95. The van der Waals surface area contributed by atoms with E-state index >= 15 is 0 Å². The molecule has 0 saturated heterocycles. The largest absolute Gasteiger partial charge is 0.395 e. The molecule has 4 heteroatoms. The number of aldehydes is 1. The molecule has 0 aliphatic carbocycles. The van der Waals surface area contributed by atoms with Gasteiger partial charge in [0.05, 0.1) is 10.2 Å². The highest BCUT2D eigenvalue weighted by Crippen LogP contribution is 2.02. The van der Waals surface area contributed by atoms with Crippen LogP contribution in [0.25, 0.3) is 0 Å². The Morgan fingerprint density at radius 1 is 1.78 bits per heavy atom. The van der Waals surface area contributed by atoms with E-state index in [1.54, 1.807) is 7.05 Å². The zero-order chi connectivity index (χ0) is 7.28. The van der Waals surface area contributed by atoms with Gasteiger partial charge >= 0.3 is 0 Å². The molecule has 9 heavy (non-hydrogen) atoms. The van der Waals surface area contributed by atoms with Crippen LogP contribution in [0, 0.1) is 0 Å². The molecular weight excluding hydrogens is 184 g/mol. The number of aliphatic imine (C=N–C) groups is 1. The van der Waals surface area contributed by atoms with E-state index < -0.39 is 0 Å². The van der Waals surface area contributed by atoms with Crippen molar-refractivity contribution in [1.82, 2.24) is 0 Å². The average molecular weight is 191 g/mol. The molecule has 0 fully saturated rings. The lowest BCUT2D eigenvalue weighted by Crippen LogP contribution is -2.00. The van der Waals surface area contributed by atoms with Crippen LogP contribution in [0.1, 0.15) is 0 Å². The zero-order valence-electron chi connectivity index (χ0n) is 4.97. The Morgan fingerprint density at radius 2 is 2.33 bits per heavy atom. The number of nitrogens with zero attached hydrogens (tertiary/aromatic N) is 1. The summed E-state index contributed by atoms with van der Waals surface area (Å²) in [6.45, 7) is 0. The van der Waals surface area contributed by atoms with Crippen LogP contribution in [0.3, 0.4) is 0 Å². The summed E-state index contributed by atoms with van der Waals surface area (Å²) >= 11 is 3.04. The highest BCUT2D eigenvalue weighted by atomic mass is 79.9. The van der Waals surface area contributed by atoms with Gasteiger partial charge in [0.15, 0.2) is 6.29 Å². The first-order chi connectivity index (χ1) is 4.22. The van der Waals surface area contributed by atoms with Gasteiger partial charge in [0.2, 0.25) is 0 Å². The van der Waals surface area contributed by atoms with Crippen LogP contribution >= 0.6 is 15.9 Å². The molecule has 0 bridgehead atoms. The van der Waals surface area contributed by atoms with Gasteiger partial charge < -0.3 is 5.73 Å². The monoisotopic (exact) mass is 190 g/mol. The fourth-order valence-corrected chi connectivity index (χ4v) is 0.542. The summed E-state index contributed by atoms with van der Waals surface area (Å²) in [7, 11) is 1.60. The van der Waals surface area contributed by atoms with Crippen molar-refractivity contribution >= 4 is 28.4 Å². The summed E-state index contributed by atoms with van der Waals surface area (Å²) in [5.41, 5.74) is 5.33. The van der Waals surface area contributed by atoms with E-state index in [-0.39, 0.29) is 5.70 Å². The lowest BCUT2D eigenvalue weighted by Gasteiger charge is -1.88. The minimum absolute atomic E-state index is 0.153. The number of carbonyl (C=O) groups is 1. The lowest BCUT2D eigenvalue weighted by molar-refractivity contribution is -0.104. The van der Waals surface area contributed by atoms with Crippen LogP contribution in [0.15, 0.2) is 15.2 Å². The third kappa shape index (κ3) is 3.03. The highest BCUT2D eigenvalue weighted by Gasteiger charge is 1.91. The van der Waals surface area contributed by atoms with E-state index in [0.717, 1.165) is 0 Å². The normalized spacial score (nSPS) is 13.6. The maximum Gasteiger partial charge on any atom is 0.166 e. The van der Waals surface area contributed by atoms with Crippen molar-refractivity contribution in [2.45, 2.75) is 0 Å². The predicted molar refractivity (Wildman–Crippen MR) is 40.6 cm³/mol. The molecule has 0 aromatic rings. The fourth-order valence-electron chi connectivity index (χ4n) is 0.244. The van der Waals surface area contributed by atoms with Crippen molar-refractivity contribution in [3.63, 3.8) is 0 Å². The first-order valence-electron chi connectivity index (χ1n) is 2.25. The molecule has 0 aliphatic rings. The van der Waals surface area contributed by atoms with Crippen LogP contribution in [-0.2, 0) is 4.79 Å². The van der Waals surface area contributed by atoms with Gasteiger partial charge in [-0.25, -0.2) is 0 Å². The molecule has 0 spiro atoms. The van der Waals surface area contributed by atoms with Crippen molar-refractivity contribution in [2.24, 2.45) is 10.7 Å². The van der Waals surface area contributed by atoms with Crippen molar-refractivity contribution in [2.75, 3.05) is 7.05 Å².